The van der Waals surface area contributed by atoms with Gasteiger partial charge in [0.05, 0.1) is 6.42 Å². The van der Waals surface area contributed by atoms with Gasteiger partial charge >= 0.3 is 0 Å². The highest BCUT2D eigenvalue weighted by Gasteiger charge is 2.11. The number of rotatable bonds is 2. The van der Waals surface area contributed by atoms with Gasteiger partial charge in [0.2, 0.25) is 5.91 Å². The fraction of sp³-hybridized carbons (Fsp3) is 0.200. The third-order valence-electron chi connectivity index (χ3n) is 2.11. The van der Waals surface area contributed by atoms with Gasteiger partial charge in [0.1, 0.15) is 5.52 Å². The molecule has 15 heavy (non-hydrogen) atoms. The second-order valence-corrected chi connectivity index (χ2v) is 4.03. The number of hydrogen-bond acceptors (Lipinski definition) is 3. The molecule has 0 aliphatic rings. The third-order valence-corrected chi connectivity index (χ3v) is 2.61. The predicted molar refractivity (Wildman–Crippen MR) is 59.5 cm³/mol. The smallest absolute Gasteiger partial charge is 0.227 e. The molecule has 5 heteroatoms. The minimum Gasteiger partial charge on any atom is -0.360 e. The Morgan fingerprint density at radius 3 is 3.13 bits per heavy atom. The first kappa shape index (κ1) is 10.2. The van der Waals surface area contributed by atoms with Crippen LogP contribution in [0.1, 0.15) is 5.76 Å². The Morgan fingerprint density at radius 1 is 1.60 bits per heavy atom. The highest BCUT2D eigenvalue weighted by Crippen LogP contribution is 2.22. The number of nitrogens with zero attached hydrogens (tertiary/aromatic N) is 1. The second kappa shape index (κ2) is 4.02. The lowest BCUT2D eigenvalue weighted by molar-refractivity contribution is -0.120. The van der Waals surface area contributed by atoms with Crippen LogP contribution >= 0.6 is 15.9 Å². The Kier molecular flexibility index (Phi) is 2.73. The van der Waals surface area contributed by atoms with E-state index in [1.807, 2.05) is 18.2 Å². The SMILES string of the molecule is CNC(=O)Cc1onc2cc(Br)ccc12. The average molecular weight is 269 g/mol. The van der Waals surface area contributed by atoms with Crippen molar-refractivity contribution in [3.8, 4) is 0 Å². The van der Waals surface area contributed by atoms with Gasteiger partial charge in [-0.1, -0.05) is 21.1 Å². The molecule has 0 fully saturated rings. The van der Waals surface area contributed by atoms with E-state index in [0.29, 0.717) is 5.76 Å². The molecule has 78 valence electrons. The van der Waals surface area contributed by atoms with Crippen LogP contribution in [0.4, 0.5) is 0 Å². The predicted octanol–water partition coefficient (Wildman–Crippen LogP) is 1.88. The highest BCUT2D eigenvalue weighted by atomic mass is 79.9. The summed E-state index contributed by atoms with van der Waals surface area (Å²) in [6.07, 6.45) is 0.217. The van der Waals surface area contributed by atoms with E-state index >= 15 is 0 Å². The summed E-state index contributed by atoms with van der Waals surface area (Å²) in [5.74, 6) is 0.507. The third kappa shape index (κ3) is 2.02. The molecule has 0 radical (unpaired) electrons. The number of benzene rings is 1. The number of amides is 1. The van der Waals surface area contributed by atoms with Crippen LogP contribution in [0.2, 0.25) is 0 Å². The van der Waals surface area contributed by atoms with Crippen molar-refractivity contribution in [2.75, 3.05) is 7.05 Å². The summed E-state index contributed by atoms with van der Waals surface area (Å²) in [6.45, 7) is 0. The first-order chi connectivity index (χ1) is 7.20. The van der Waals surface area contributed by atoms with Crippen molar-refractivity contribution in [2.24, 2.45) is 0 Å². The van der Waals surface area contributed by atoms with Crippen LogP contribution in [0.5, 0.6) is 0 Å². The maximum absolute atomic E-state index is 11.2. The molecular weight excluding hydrogens is 260 g/mol. The van der Waals surface area contributed by atoms with E-state index in [9.17, 15) is 4.79 Å². The van der Waals surface area contributed by atoms with Crippen molar-refractivity contribution < 1.29 is 9.32 Å². The van der Waals surface area contributed by atoms with E-state index in [1.54, 1.807) is 7.05 Å². The molecule has 1 heterocycles. The summed E-state index contributed by atoms with van der Waals surface area (Å²) in [6, 6.07) is 5.63. The number of nitrogens with one attached hydrogen (secondary N) is 1. The van der Waals surface area contributed by atoms with Crippen molar-refractivity contribution in [1.29, 1.82) is 0 Å². The van der Waals surface area contributed by atoms with Crippen LogP contribution in [-0.2, 0) is 11.2 Å². The number of aromatic nitrogens is 1. The zero-order chi connectivity index (χ0) is 10.8. The number of halogens is 1. The average Bonchev–Trinajstić information content (AvgIpc) is 2.60. The van der Waals surface area contributed by atoms with Crippen LogP contribution < -0.4 is 5.32 Å². The Balaban J connectivity index is 2.41. The van der Waals surface area contributed by atoms with E-state index in [-0.39, 0.29) is 12.3 Å². The first-order valence-electron chi connectivity index (χ1n) is 4.45. The summed E-state index contributed by atoms with van der Waals surface area (Å²) in [4.78, 5) is 11.2. The monoisotopic (exact) mass is 268 g/mol. The van der Waals surface area contributed by atoms with Gasteiger partial charge in [-0.05, 0) is 18.2 Å². The molecule has 1 aromatic heterocycles. The number of hydrogen-bond donors (Lipinski definition) is 1. The molecule has 0 spiro atoms. The molecule has 1 N–H and O–H groups in total. The largest absolute Gasteiger partial charge is 0.360 e. The van der Waals surface area contributed by atoms with Gasteiger partial charge in [-0.3, -0.25) is 4.79 Å². The molecule has 0 aliphatic carbocycles. The lowest BCUT2D eigenvalue weighted by Crippen LogP contribution is -2.19. The van der Waals surface area contributed by atoms with Crippen molar-refractivity contribution in [2.45, 2.75) is 6.42 Å². The second-order valence-electron chi connectivity index (χ2n) is 3.12. The van der Waals surface area contributed by atoms with E-state index in [1.165, 1.54) is 0 Å². The Hall–Kier alpha value is -1.36. The molecule has 4 nitrogen and oxygen atoms in total. The quantitative estimate of drug-likeness (QED) is 0.905. The Morgan fingerprint density at radius 2 is 2.40 bits per heavy atom. The normalized spacial score (nSPS) is 10.5. The Labute approximate surface area is 94.8 Å². The van der Waals surface area contributed by atoms with Gasteiger partial charge in [0, 0.05) is 16.9 Å². The molecule has 0 aliphatic heterocycles. The summed E-state index contributed by atoms with van der Waals surface area (Å²) in [7, 11) is 1.59. The molecule has 0 saturated carbocycles. The van der Waals surface area contributed by atoms with Crippen molar-refractivity contribution in [3.05, 3.63) is 28.4 Å². The van der Waals surface area contributed by atoms with Crippen LogP contribution in [-0.4, -0.2) is 18.1 Å². The first-order valence-corrected chi connectivity index (χ1v) is 5.24. The molecule has 0 bridgehead atoms. The van der Waals surface area contributed by atoms with E-state index in [4.69, 9.17) is 4.52 Å². The maximum atomic E-state index is 11.2. The summed E-state index contributed by atoms with van der Waals surface area (Å²) >= 11 is 3.35. The molecule has 0 atom stereocenters. The van der Waals surface area contributed by atoms with Crippen molar-refractivity contribution in [3.63, 3.8) is 0 Å². The minimum atomic E-state index is -0.0871. The molecule has 2 rings (SSSR count). The van der Waals surface area contributed by atoms with Gasteiger partial charge < -0.3 is 9.84 Å². The molecule has 1 aromatic carbocycles. The molecule has 0 unspecified atom stereocenters. The van der Waals surface area contributed by atoms with Crippen LogP contribution in [0.25, 0.3) is 10.9 Å². The van der Waals surface area contributed by atoms with Gasteiger partial charge in [0.15, 0.2) is 5.76 Å². The van der Waals surface area contributed by atoms with Gasteiger partial charge in [-0.2, -0.15) is 0 Å². The van der Waals surface area contributed by atoms with Gasteiger partial charge in [-0.15, -0.1) is 0 Å². The standard InChI is InChI=1S/C10H9BrN2O2/c1-12-10(14)5-9-7-3-2-6(11)4-8(7)13-15-9/h2-4H,5H2,1H3,(H,12,14). The molecular formula is C10H9BrN2O2. The van der Waals surface area contributed by atoms with Gasteiger partial charge in [-0.25, -0.2) is 0 Å². The van der Waals surface area contributed by atoms with Crippen LogP contribution in [0.15, 0.2) is 27.2 Å². The maximum Gasteiger partial charge on any atom is 0.227 e. The fourth-order valence-corrected chi connectivity index (χ4v) is 1.68. The lowest BCUT2D eigenvalue weighted by Gasteiger charge is -1.95. The Bertz CT molecular complexity index is 507. The topological polar surface area (TPSA) is 55.1 Å². The zero-order valence-electron chi connectivity index (χ0n) is 8.08. The van der Waals surface area contributed by atoms with Crippen molar-refractivity contribution >= 4 is 32.7 Å². The number of carbonyl (C=O) groups is 1. The summed E-state index contributed by atoms with van der Waals surface area (Å²) in [5.41, 5.74) is 0.753. The molecule has 2 aromatic rings. The zero-order valence-corrected chi connectivity index (χ0v) is 9.67. The summed E-state index contributed by atoms with van der Waals surface area (Å²) < 4.78 is 6.05. The van der Waals surface area contributed by atoms with Gasteiger partial charge in [0.25, 0.3) is 0 Å². The van der Waals surface area contributed by atoms with Crippen LogP contribution in [0, 0.1) is 0 Å². The fourth-order valence-electron chi connectivity index (χ4n) is 1.33. The number of fused-ring (bicyclic) bond motifs is 1. The van der Waals surface area contributed by atoms with Crippen LogP contribution in [0.3, 0.4) is 0 Å². The van der Waals surface area contributed by atoms with E-state index < -0.39 is 0 Å². The van der Waals surface area contributed by atoms with E-state index in [0.717, 1.165) is 15.4 Å². The molecule has 1 amide bonds. The minimum absolute atomic E-state index is 0.0871. The number of carbonyl (C=O) groups excluding carboxylic acids is 1. The summed E-state index contributed by atoms with van der Waals surface area (Å²) in [5, 5.41) is 7.30. The van der Waals surface area contributed by atoms with E-state index in [2.05, 4.69) is 26.4 Å². The van der Waals surface area contributed by atoms with Crippen molar-refractivity contribution in [1.82, 2.24) is 10.5 Å². The number of likely N-dealkylation sites (N-methyl/N-ethyl adjacent to an activating group) is 1. The lowest BCUT2D eigenvalue weighted by atomic mass is 10.2. The highest BCUT2D eigenvalue weighted by molar-refractivity contribution is 9.10. The molecule has 0 saturated heterocycles.